The van der Waals surface area contributed by atoms with Crippen molar-refractivity contribution in [2.75, 3.05) is 0 Å². The molecule has 0 heterocycles. The van der Waals surface area contributed by atoms with Crippen molar-refractivity contribution >= 4 is 15.9 Å². The van der Waals surface area contributed by atoms with E-state index in [-0.39, 0.29) is 0 Å². The van der Waals surface area contributed by atoms with Gasteiger partial charge in [0, 0.05) is 16.6 Å². The first-order valence-electron chi connectivity index (χ1n) is 7.11. The van der Waals surface area contributed by atoms with Gasteiger partial charge in [0.05, 0.1) is 0 Å². The zero-order valence-corrected chi connectivity index (χ0v) is 13.9. The fraction of sp³-hybridized carbons (Fsp3) is 0.333. The van der Waals surface area contributed by atoms with Crippen molar-refractivity contribution in [1.29, 1.82) is 0 Å². The first-order chi connectivity index (χ1) is 9.54. The van der Waals surface area contributed by atoms with Gasteiger partial charge in [-0.15, -0.1) is 0 Å². The summed E-state index contributed by atoms with van der Waals surface area (Å²) in [6, 6.07) is 18.2. The van der Waals surface area contributed by atoms with E-state index in [1.54, 1.807) is 0 Å². The zero-order valence-electron chi connectivity index (χ0n) is 12.4. The monoisotopic (exact) mass is 331 g/mol. The van der Waals surface area contributed by atoms with Crippen LogP contribution in [0, 0.1) is 6.92 Å². The Morgan fingerprint density at radius 3 is 2.15 bits per heavy atom. The Balaban J connectivity index is 1.92. The van der Waals surface area contributed by atoms with Gasteiger partial charge in [-0.1, -0.05) is 57.9 Å². The second-order valence-electron chi connectivity index (χ2n) is 5.53. The van der Waals surface area contributed by atoms with Crippen LogP contribution in [0.25, 0.3) is 0 Å². The molecule has 2 atom stereocenters. The van der Waals surface area contributed by atoms with Crippen LogP contribution in [0.15, 0.2) is 53.0 Å². The van der Waals surface area contributed by atoms with Crippen molar-refractivity contribution in [3.8, 4) is 0 Å². The molecule has 2 rings (SSSR count). The molecule has 0 bridgehead atoms. The standard InChI is InChI=1S/C18H22BrN/c1-13-4-8-17(9-5-13)15(3)20-14(2)12-16-6-10-18(19)11-7-16/h4-11,14-15,20H,12H2,1-3H3/t14?,15-/m1/s1. The summed E-state index contributed by atoms with van der Waals surface area (Å²) in [6.07, 6.45) is 1.05. The highest BCUT2D eigenvalue weighted by Gasteiger charge is 2.09. The van der Waals surface area contributed by atoms with Gasteiger partial charge >= 0.3 is 0 Å². The third-order valence-electron chi connectivity index (χ3n) is 3.57. The molecule has 1 N–H and O–H groups in total. The minimum atomic E-state index is 0.376. The number of aryl methyl sites for hydroxylation is 1. The normalized spacial score (nSPS) is 14.0. The molecular weight excluding hydrogens is 310 g/mol. The van der Waals surface area contributed by atoms with Crippen LogP contribution in [0.4, 0.5) is 0 Å². The molecule has 0 amide bonds. The molecule has 1 nitrogen and oxygen atoms in total. The Hall–Kier alpha value is -1.12. The Labute approximate surface area is 130 Å². The van der Waals surface area contributed by atoms with Gasteiger partial charge in [-0.05, 0) is 50.5 Å². The Bertz CT molecular complexity index is 530. The van der Waals surface area contributed by atoms with Crippen molar-refractivity contribution in [2.45, 2.75) is 39.3 Å². The summed E-state index contributed by atoms with van der Waals surface area (Å²) in [5, 5.41) is 3.67. The van der Waals surface area contributed by atoms with Gasteiger partial charge in [0.2, 0.25) is 0 Å². The largest absolute Gasteiger partial charge is 0.307 e. The van der Waals surface area contributed by atoms with Crippen LogP contribution in [0.1, 0.15) is 36.6 Å². The predicted molar refractivity (Wildman–Crippen MR) is 90.0 cm³/mol. The topological polar surface area (TPSA) is 12.0 Å². The highest BCUT2D eigenvalue weighted by molar-refractivity contribution is 9.10. The quantitative estimate of drug-likeness (QED) is 0.809. The second-order valence-corrected chi connectivity index (χ2v) is 6.45. The molecule has 0 aromatic heterocycles. The first-order valence-corrected chi connectivity index (χ1v) is 7.91. The van der Waals surface area contributed by atoms with Crippen LogP contribution in [0.5, 0.6) is 0 Å². The van der Waals surface area contributed by atoms with E-state index in [1.807, 2.05) is 0 Å². The molecule has 106 valence electrons. The zero-order chi connectivity index (χ0) is 14.5. The molecule has 0 aliphatic carbocycles. The lowest BCUT2D eigenvalue weighted by atomic mass is 10.0. The van der Waals surface area contributed by atoms with Gasteiger partial charge in [-0.2, -0.15) is 0 Å². The number of halogens is 1. The summed E-state index contributed by atoms with van der Waals surface area (Å²) >= 11 is 3.47. The van der Waals surface area contributed by atoms with Crippen LogP contribution in [-0.2, 0) is 6.42 Å². The van der Waals surface area contributed by atoms with E-state index in [0.29, 0.717) is 12.1 Å². The Morgan fingerprint density at radius 1 is 0.950 bits per heavy atom. The maximum atomic E-state index is 3.67. The van der Waals surface area contributed by atoms with Gasteiger partial charge in [0.25, 0.3) is 0 Å². The molecule has 0 spiro atoms. The molecule has 2 aromatic carbocycles. The number of nitrogens with one attached hydrogen (secondary N) is 1. The minimum Gasteiger partial charge on any atom is -0.307 e. The molecule has 1 unspecified atom stereocenters. The van der Waals surface area contributed by atoms with E-state index in [2.05, 4.69) is 90.5 Å². The van der Waals surface area contributed by atoms with Crippen molar-refractivity contribution in [1.82, 2.24) is 5.32 Å². The summed E-state index contributed by atoms with van der Waals surface area (Å²) < 4.78 is 1.13. The van der Waals surface area contributed by atoms with Crippen LogP contribution >= 0.6 is 15.9 Å². The van der Waals surface area contributed by atoms with Gasteiger partial charge in [0.1, 0.15) is 0 Å². The predicted octanol–water partition coefficient (Wildman–Crippen LogP) is 5.04. The van der Waals surface area contributed by atoms with Gasteiger partial charge in [-0.25, -0.2) is 0 Å². The van der Waals surface area contributed by atoms with Crippen molar-refractivity contribution in [3.05, 3.63) is 69.7 Å². The van der Waals surface area contributed by atoms with E-state index in [4.69, 9.17) is 0 Å². The molecule has 0 aliphatic rings. The van der Waals surface area contributed by atoms with Crippen LogP contribution in [0.2, 0.25) is 0 Å². The van der Waals surface area contributed by atoms with E-state index in [1.165, 1.54) is 16.7 Å². The molecule has 2 aromatic rings. The van der Waals surface area contributed by atoms with Crippen molar-refractivity contribution in [2.24, 2.45) is 0 Å². The van der Waals surface area contributed by atoms with Gasteiger partial charge in [0.15, 0.2) is 0 Å². The highest BCUT2D eigenvalue weighted by Crippen LogP contribution is 2.16. The summed E-state index contributed by atoms with van der Waals surface area (Å²) in [4.78, 5) is 0. The maximum absolute atomic E-state index is 3.67. The Morgan fingerprint density at radius 2 is 1.55 bits per heavy atom. The lowest BCUT2D eigenvalue weighted by molar-refractivity contribution is 0.477. The number of hydrogen-bond acceptors (Lipinski definition) is 1. The SMILES string of the molecule is Cc1ccc([C@@H](C)NC(C)Cc2ccc(Br)cc2)cc1. The summed E-state index contributed by atoms with van der Waals surface area (Å²) in [6.45, 7) is 6.59. The average molecular weight is 332 g/mol. The average Bonchev–Trinajstić information content (AvgIpc) is 2.42. The minimum absolute atomic E-state index is 0.376. The molecule has 0 saturated carbocycles. The third kappa shape index (κ3) is 4.46. The highest BCUT2D eigenvalue weighted by atomic mass is 79.9. The van der Waals surface area contributed by atoms with Gasteiger partial charge < -0.3 is 5.32 Å². The van der Waals surface area contributed by atoms with Crippen LogP contribution in [0.3, 0.4) is 0 Å². The summed E-state index contributed by atoms with van der Waals surface area (Å²) in [5.41, 5.74) is 4.02. The third-order valence-corrected chi connectivity index (χ3v) is 4.10. The maximum Gasteiger partial charge on any atom is 0.0294 e. The fourth-order valence-electron chi connectivity index (χ4n) is 2.41. The smallest absolute Gasteiger partial charge is 0.0294 e. The van der Waals surface area contributed by atoms with Crippen molar-refractivity contribution in [3.63, 3.8) is 0 Å². The van der Waals surface area contributed by atoms with E-state index >= 15 is 0 Å². The fourth-order valence-corrected chi connectivity index (χ4v) is 2.68. The Kier molecular flexibility index (Phi) is 5.38. The molecule has 0 saturated heterocycles. The molecule has 0 aliphatic heterocycles. The molecule has 0 fully saturated rings. The first kappa shape index (κ1) is 15.3. The summed E-state index contributed by atoms with van der Waals surface area (Å²) in [7, 11) is 0. The number of hydrogen-bond donors (Lipinski definition) is 1. The second kappa shape index (κ2) is 7.05. The molecular formula is C18H22BrN. The van der Waals surface area contributed by atoms with E-state index < -0.39 is 0 Å². The van der Waals surface area contributed by atoms with Crippen molar-refractivity contribution < 1.29 is 0 Å². The van der Waals surface area contributed by atoms with E-state index in [0.717, 1.165) is 10.9 Å². The summed E-state index contributed by atoms with van der Waals surface area (Å²) in [5.74, 6) is 0. The molecule has 0 radical (unpaired) electrons. The number of benzene rings is 2. The number of rotatable bonds is 5. The van der Waals surface area contributed by atoms with Gasteiger partial charge in [-0.3, -0.25) is 0 Å². The van der Waals surface area contributed by atoms with Crippen LogP contribution < -0.4 is 5.32 Å². The van der Waals surface area contributed by atoms with Crippen LogP contribution in [-0.4, -0.2) is 6.04 Å². The molecule has 20 heavy (non-hydrogen) atoms. The molecule has 2 heteroatoms. The van der Waals surface area contributed by atoms with E-state index in [9.17, 15) is 0 Å². The lowest BCUT2D eigenvalue weighted by Crippen LogP contribution is -2.30. The lowest BCUT2D eigenvalue weighted by Gasteiger charge is -2.20.